The summed E-state index contributed by atoms with van der Waals surface area (Å²) in [7, 11) is 1.99. The number of aromatic nitrogens is 1. The number of rotatable bonds is 4. The predicted octanol–water partition coefficient (Wildman–Crippen LogP) is 3.43. The van der Waals surface area contributed by atoms with Gasteiger partial charge < -0.3 is 9.30 Å². The normalized spacial score (nSPS) is 10.5. The molecule has 0 aliphatic rings. The van der Waals surface area contributed by atoms with E-state index in [1.807, 2.05) is 57.3 Å². The summed E-state index contributed by atoms with van der Waals surface area (Å²) in [4.78, 5) is 12.0. The molecule has 0 unspecified atom stereocenters. The molecule has 0 spiro atoms. The zero-order valence-corrected chi connectivity index (χ0v) is 11.6. The van der Waals surface area contributed by atoms with Gasteiger partial charge in [0.2, 0.25) is 0 Å². The average Bonchev–Trinajstić information content (AvgIpc) is 2.77. The van der Waals surface area contributed by atoms with Gasteiger partial charge in [0.25, 0.3) is 0 Å². The van der Waals surface area contributed by atoms with Gasteiger partial charge in [-0.25, -0.2) is 4.79 Å². The molecular weight excluding hydrogens is 238 g/mol. The van der Waals surface area contributed by atoms with Crippen molar-refractivity contribution >= 4 is 5.97 Å². The molecule has 0 amide bonds. The highest BCUT2D eigenvalue weighted by Crippen LogP contribution is 2.26. The van der Waals surface area contributed by atoms with Crippen LogP contribution in [0.15, 0.2) is 36.4 Å². The van der Waals surface area contributed by atoms with Gasteiger partial charge in [0.1, 0.15) is 0 Å². The molecule has 0 aliphatic heterocycles. The minimum Gasteiger partial charge on any atom is -0.462 e. The van der Waals surface area contributed by atoms with Crippen molar-refractivity contribution in [1.29, 1.82) is 0 Å². The third-order valence-corrected chi connectivity index (χ3v) is 3.26. The fraction of sp³-hybridized carbons (Fsp3) is 0.312. The van der Waals surface area contributed by atoms with Gasteiger partial charge in [-0.05, 0) is 25.0 Å². The van der Waals surface area contributed by atoms with E-state index >= 15 is 0 Å². The van der Waals surface area contributed by atoms with E-state index in [1.165, 1.54) is 0 Å². The van der Waals surface area contributed by atoms with Gasteiger partial charge in [-0.2, -0.15) is 0 Å². The van der Waals surface area contributed by atoms with Gasteiger partial charge in [-0.3, -0.25) is 0 Å². The van der Waals surface area contributed by atoms with Crippen molar-refractivity contribution < 1.29 is 9.53 Å². The van der Waals surface area contributed by atoms with Crippen LogP contribution < -0.4 is 0 Å². The molecule has 0 bridgehead atoms. The highest BCUT2D eigenvalue weighted by Gasteiger charge is 2.18. The van der Waals surface area contributed by atoms with Crippen LogP contribution >= 0.6 is 0 Å². The molecule has 0 N–H and O–H groups in total. The van der Waals surface area contributed by atoms with Crippen LogP contribution in [0.5, 0.6) is 0 Å². The molecule has 3 heteroatoms. The SMILES string of the molecule is CCOC(=O)c1cc(-c2ccccc2)n(C)c1CC. The first-order valence-corrected chi connectivity index (χ1v) is 6.60. The van der Waals surface area contributed by atoms with Gasteiger partial charge in [0.15, 0.2) is 0 Å². The van der Waals surface area contributed by atoms with Crippen LogP contribution in [-0.2, 0) is 18.2 Å². The number of ether oxygens (including phenoxy) is 1. The zero-order chi connectivity index (χ0) is 13.8. The third kappa shape index (κ3) is 2.55. The Hall–Kier alpha value is -2.03. The molecule has 0 saturated heterocycles. The Morgan fingerprint density at radius 3 is 2.47 bits per heavy atom. The fourth-order valence-corrected chi connectivity index (χ4v) is 2.34. The second-order valence-electron chi connectivity index (χ2n) is 4.39. The number of hydrogen-bond acceptors (Lipinski definition) is 2. The van der Waals surface area contributed by atoms with Crippen molar-refractivity contribution in [1.82, 2.24) is 4.57 Å². The van der Waals surface area contributed by atoms with Crippen LogP contribution in [0.2, 0.25) is 0 Å². The Bertz CT molecular complexity index is 570. The number of nitrogens with zero attached hydrogens (tertiary/aromatic N) is 1. The summed E-state index contributed by atoms with van der Waals surface area (Å²) >= 11 is 0. The van der Waals surface area contributed by atoms with Gasteiger partial charge in [0, 0.05) is 18.4 Å². The second kappa shape index (κ2) is 5.74. The highest BCUT2D eigenvalue weighted by molar-refractivity contribution is 5.92. The summed E-state index contributed by atoms with van der Waals surface area (Å²) in [5.74, 6) is -0.239. The number of esters is 1. The Morgan fingerprint density at radius 2 is 1.89 bits per heavy atom. The van der Waals surface area contributed by atoms with Crippen LogP contribution in [-0.4, -0.2) is 17.1 Å². The maximum Gasteiger partial charge on any atom is 0.339 e. The lowest BCUT2D eigenvalue weighted by molar-refractivity contribution is 0.0525. The fourth-order valence-electron chi connectivity index (χ4n) is 2.34. The number of hydrogen-bond donors (Lipinski definition) is 0. The first kappa shape index (κ1) is 13.4. The number of carbonyl (C=O) groups excluding carboxylic acids is 1. The number of benzene rings is 1. The van der Waals surface area contributed by atoms with Crippen LogP contribution in [0.3, 0.4) is 0 Å². The van der Waals surface area contributed by atoms with E-state index in [-0.39, 0.29) is 5.97 Å². The molecule has 3 nitrogen and oxygen atoms in total. The quantitative estimate of drug-likeness (QED) is 0.786. The molecule has 1 aromatic carbocycles. The summed E-state index contributed by atoms with van der Waals surface area (Å²) < 4.78 is 7.19. The molecule has 100 valence electrons. The molecule has 0 radical (unpaired) electrons. The van der Waals surface area contributed by atoms with Gasteiger partial charge in [0.05, 0.1) is 12.2 Å². The van der Waals surface area contributed by atoms with E-state index in [9.17, 15) is 4.79 Å². The van der Waals surface area contributed by atoms with Crippen molar-refractivity contribution in [2.75, 3.05) is 6.61 Å². The maximum atomic E-state index is 12.0. The molecule has 0 aliphatic carbocycles. The van der Waals surface area contributed by atoms with Crippen molar-refractivity contribution in [2.24, 2.45) is 7.05 Å². The maximum absolute atomic E-state index is 12.0. The van der Waals surface area contributed by atoms with Gasteiger partial charge in [-0.15, -0.1) is 0 Å². The Labute approximate surface area is 113 Å². The highest BCUT2D eigenvalue weighted by atomic mass is 16.5. The van der Waals surface area contributed by atoms with Crippen LogP contribution in [0.4, 0.5) is 0 Å². The summed E-state index contributed by atoms with van der Waals surface area (Å²) in [6.07, 6.45) is 0.803. The summed E-state index contributed by atoms with van der Waals surface area (Å²) in [6.45, 7) is 4.27. The van der Waals surface area contributed by atoms with Crippen molar-refractivity contribution in [3.63, 3.8) is 0 Å². The summed E-state index contributed by atoms with van der Waals surface area (Å²) in [5.41, 5.74) is 3.83. The minimum atomic E-state index is -0.239. The van der Waals surface area contributed by atoms with Gasteiger partial charge in [-0.1, -0.05) is 37.3 Å². The van der Waals surface area contributed by atoms with Crippen LogP contribution in [0, 0.1) is 0 Å². The topological polar surface area (TPSA) is 31.2 Å². The van der Waals surface area contributed by atoms with E-state index in [1.54, 1.807) is 0 Å². The van der Waals surface area contributed by atoms with Crippen molar-refractivity contribution in [3.05, 3.63) is 47.7 Å². The molecule has 1 heterocycles. The molecular formula is C16H19NO2. The van der Waals surface area contributed by atoms with E-state index in [0.29, 0.717) is 12.2 Å². The summed E-state index contributed by atoms with van der Waals surface area (Å²) in [6, 6.07) is 12.0. The first-order valence-electron chi connectivity index (χ1n) is 6.60. The monoisotopic (exact) mass is 257 g/mol. The molecule has 2 rings (SSSR count). The van der Waals surface area contributed by atoms with E-state index in [4.69, 9.17) is 4.74 Å². The van der Waals surface area contributed by atoms with Crippen LogP contribution in [0.25, 0.3) is 11.3 Å². The van der Waals surface area contributed by atoms with E-state index < -0.39 is 0 Å². The van der Waals surface area contributed by atoms with Crippen molar-refractivity contribution in [2.45, 2.75) is 20.3 Å². The number of carbonyl (C=O) groups is 1. The van der Waals surface area contributed by atoms with Gasteiger partial charge >= 0.3 is 5.97 Å². The lowest BCUT2D eigenvalue weighted by Crippen LogP contribution is -2.08. The summed E-state index contributed by atoms with van der Waals surface area (Å²) in [5, 5.41) is 0. The Balaban J connectivity index is 2.50. The predicted molar refractivity (Wildman–Crippen MR) is 76.2 cm³/mol. The van der Waals surface area contributed by atoms with E-state index in [2.05, 4.69) is 4.57 Å². The minimum absolute atomic E-state index is 0.239. The van der Waals surface area contributed by atoms with Crippen LogP contribution in [0.1, 0.15) is 29.9 Å². The second-order valence-corrected chi connectivity index (χ2v) is 4.39. The molecule has 19 heavy (non-hydrogen) atoms. The zero-order valence-electron chi connectivity index (χ0n) is 11.6. The molecule has 0 fully saturated rings. The Kier molecular flexibility index (Phi) is 4.05. The molecule has 2 aromatic rings. The lowest BCUT2D eigenvalue weighted by Gasteiger charge is -2.07. The molecule has 1 aromatic heterocycles. The largest absolute Gasteiger partial charge is 0.462 e. The Morgan fingerprint density at radius 1 is 1.21 bits per heavy atom. The standard InChI is InChI=1S/C16H19NO2/c1-4-14-13(16(18)19-5-2)11-15(17(14)3)12-9-7-6-8-10-12/h6-11H,4-5H2,1-3H3. The smallest absolute Gasteiger partial charge is 0.339 e. The lowest BCUT2D eigenvalue weighted by atomic mass is 10.1. The first-order chi connectivity index (χ1) is 9.19. The average molecular weight is 257 g/mol. The third-order valence-electron chi connectivity index (χ3n) is 3.26. The van der Waals surface area contributed by atoms with Crippen molar-refractivity contribution in [3.8, 4) is 11.3 Å². The molecule has 0 atom stereocenters. The van der Waals surface area contributed by atoms with E-state index in [0.717, 1.165) is 23.4 Å². The molecule has 0 saturated carbocycles.